The monoisotopic (exact) mass is 312 g/mol. The van der Waals surface area contributed by atoms with Crippen molar-refractivity contribution < 1.29 is 9.47 Å². The third-order valence-corrected chi connectivity index (χ3v) is 4.03. The predicted molar refractivity (Wildman–Crippen MR) is 86.8 cm³/mol. The topological polar surface area (TPSA) is 42.5 Å². The molecule has 1 saturated heterocycles. The molecule has 118 valence electrons. The molecule has 1 fully saturated rings. The fourth-order valence-electron chi connectivity index (χ4n) is 2.88. The van der Waals surface area contributed by atoms with Crippen molar-refractivity contribution in [3.8, 4) is 11.5 Å². The normalized spacial score (nSPS) is 20.7. The van der Waals surface area contributed by atoms with E-state index < -0.39 is 0 Å². The van der Waals surface area contributed by atoms with Crippen molar-refractivity contribution in [2.45, 2.75) is 19.3 Å². The molecule has 1 aromatic rings. The van der Waals surface area contributed by atoms with Crippen LogP contribution >= 0.6 is 12.4 Å². The first-order valence-corrected chi connectivity index (χ1v) is 7.72. The van der Waals surface area contributed by atoms with Crippen LogP contribution in [0.1, 0.15) is 18.4 Å². The lowest BCUT2D eigenvalue weighted by atomic mass is 10.00. The molecule has 1 unspecified atom stereocenters. The van der Waals surface area contributed by atoms with Gasteiger partial charge < -0.3 is 20.1 Å². The maximum Gasteiger partial charge on any atom is 0.161 e. The lowest BCUT2D eigenvalue weighted by Crippen LogP contribution is -2.36. The molecule has 2 heterocycles. The minimum atomic E-state index is 0. The van der Waals surface area contributed by atoms with Gasteiger partial charge in [-0.1, -0.05) is 6.07 Å². The van der Waals surface area contributed by atoms with Crippen molar-refractivity contribution in [2.24, 2.45) is 5.92 Å². The van der Waals surface area contributed by atoms with E-state index in [1.807, 2.05) is 6.07 Å². The average Bonchev–Trinajstić information content (AvgIpc) is 2.52. The number of fused-ring (bicyclic) bond motifs is 1. The fraction of sp³-hybridized carbons (Fsp3) is 0.625. The van der Waals surface area contributed by atoms with E-state index in [-0.39, 0.29) is 12.4 Å². The van der Waals surface area contributed by atoms with Crippen LogP contribution < -0.4 is 20.1 Å². The van der Waals surface area contributed by atoms with E-state index in [9.17, 15) is 0 Å². The Labute approximate surface area is 133 Å². The summed E-state index contributed by atoms with van der Waals surface area (Å²) in [5.41, 5.74) is 1.31. The third-order valence-electron chi connectivity index (χ3n) is 4.03. The molecular formula is C16H25ClN2O2. The first-order chi connectivity index (χ1) is 9.92. The van der Waals surface area contributed by atoms with Crippen LogP contribution in [0.25, 0.3) is 0 Å². The molecule has 0 spiro atoms. The van der Waals surface area contributed by atoms with Gasteiger partial charge in [0.15, 0.2) is 11.5 Å². The molecule has 5 heteroatoms. The Morgan fingerprint density at radius 3 is 2.86 bits per heavy atom. The Morgan fingerprint density at radius 1 is 1.19 bits per heavy atom. The summed E-state index contributed by atoms with van der Waals surface area (Å²) >= 11 is 0. The molecule has 0 amide bonds. The molecule has 2 N–H and O–H groups in total. The summed E-state index contributed by atoms with van der Waals surface area (Å²) in [4.78, 5) is 0. The predicted octanol–water partition coefficient (Wildman–Crippen LogP) is 2.01. The molecule has 2 aliphatic rings. The Balaban J connectivity index is 0.00000161. The van der Waals surface area contributed by atoms with Gasteiger partial charge >= 0.3 is 0 Å². The molecule has 4 nitrogen and oxygen atoms in total. The zero-order chi connectivity index (χ0) is 13.6. The van der Waals surface area contributed by atoms with Crippen LogP contribution in [0.2, 0.25) is 0 Å². The quantitative estimate of drug-likeness (QED) is 0.816. The van der Waals surface area contributed by atoms with Crippen LogP contribution in [0.3, 0.4) is 0 Å². The van der Waals surface area contributed by atoms with Crippen molar-refractivity contribution in [2.75, 3.05) is 39.4 Å². The highest BCUT2D eigenvalue weighted by Crippen LogP contribution is 2.30. The van der Waals surface area contributed by atoms with Crippen LogP contribution in [0.15, 0.2) is 18.2 Å². The largest absolute Gasteiger partial charge is 0.486 e. The minimum Gasteiger partial charge on any atom is -0.486 e. The lowest BCUT2D eigenvalue weighted by molar-refractivity contribution is 0.171. The molecule has 0 bridgehead atoms. The summed E-state index contributed by atoms with van der Waals surface area (Å²) < 4.78 is 11.1. The smallest absolute Gasteiger partial charge is 0.161 e. The van der Waals surface area contributed by atoms with Gasteiger partial charge in [-0.15, -0.1) is 12.4 Å². The summed E-state index contributed by atoms with van der Waals surface area (Å²) in [6.45, 7) is 5.81. The summed E-state index contributed by atoms with van der Waals surface area (Å²) in [6, 6.07) is 6.27. The second-order valence-electron chi connectivity index (χ2n) is 5.64. The molecule has 2 aliphatic heterocycles. The van der Waals surface area contributed by atoms with Crippen molar-refractivity contribution in [3.05, 3.63) is 23.8 Å². The van der Waals surface area contributed by atoms with E-state index in [0.717, 1.165) is 43.5 Å². The molecule has 0 saturated carbocycles. The SMILES string of the molecule is Cl.c1cc2c(cc1CCNCC1CCCNC1)OCCO2. The third kappa shape index (κ3) is 4.77. The Morgan fingerprint density at radius 2 is 2.05 bits per heavy atom. The van der Waals surface area contributed by atoms with Gasteiger partial charge in [-0.3, -0.25) is 0 Å². The molecule has 0 aliphatic carbocycles. The number of halogens is 1. The van der Waals surface area contributed by atoms with E-state index >= 15 is 0 Å². The number of ether oxygens (including phenoxy) is 2. The molecule has 0 aromatic heterocycles. The number of piperidine rings is 1. The van der Waals surface area contributed by atoms with Gasteiger partial charge in [0.05, 0.1) is 0 Å². The standard InChI is InChI=1S/C16H24N2O2.ClH/c1-2-14(11-17-6-1)12-18-7-5-13-3-4-15-16(10-13)20-9-8-19-15;/h3-4,10,14,17-18H,1-2,5-9,11-12H2;1H. The van der Waals surface area contributed by atoms with Crippen LogP contribution in [0, 0.1) is 5.92 Å². The van der Waals surface area contributed by atoms with Gasteiger partial charge in [0, 0.05) is 0 Å². The van der Waals surface area contributed by atoms with Crippen molar-refractivity contribution in [3.63, 3.8) is 0 Å². The second-order valence-corrected chi connectivity index (χ2v) is 5.64. The number of hydrogen-bond donors (Lipinski definition) is 2. The van der Waals surface area contributed by atoms with Gasteiger partial charge in [0.2, 0.25) is 0 Å². The van der Waals surface area contributed by atoms with Gasteiger partial charge in [-0.2, -0.15) is 0 Å². The number of rotatable bonds is 5. The Bertz CT molecular complexity index is 436. The van der Waals surface area contributed by atoms with E-state index in [2.05, 4.69) is 22.8 Å². The van der Waals surface area contributed by atoms with Crippen LogP contribution in [-0.2, 0) is 6.42 Å². The van der Waals surface area contributed by atoms with Crippen molar-refractivity contribution in [1.82, 2.24) is 10.6 Å². The second kappa shape index (κ2) is 8.47. The summed E-state index contributed by atoms with van der Waals surface area (Å²) in [5.74, 6) is 2.57. The van der Waals surface area contributed by atoms with E-state index in [0.29, 0.717) is 13.2 Å². The number of nitrogens with one attached hydrogen (secondary N) is 2. The number of benzene rings is 1. The van der Waals surface area contributed by atoms with Crippen LogP contribution in [0.5, 0.6) is 11.5 Å². The van der Waals surface area contributed by atoms with Gasteiger partial charge in [0.1, 0.15) is 13.2 Å². The molecule has 0 radical (unpaired) electrons. The highest BCUT2D eigenvalue weighted by atomic mass is 35.5. The number of hydrogen-bond acceptors (Lipinski definition) is 4. The summed E-state index contributed by atoms with van der Waals surface area (Å²) in [5, 5.41) is 7.03. The van der Waals surface area contributed by atoms with Gasteiger partial charge in [0.25, 0.3) is 0 Å². The lowest BCUT2D eigenvalue weighted by Gasteiger charge is -2.23. The molecule has 1 aromatic carbocycles. The maximum absolute atomic E-state index is 5.61. The average molecular weight is 313 g/mol. The minimum absolute atomic E-state index is 0. The maximum atomic E-state index is 5.61. The Hall–Kier alpha value is -0.970. The first kappa shape index (κ1) is 16.4. The molecule has 3 rings (SSSR count). The summed E-state index contributed by atoms with van der Waals surface area (Å²) in [7, 11) is 0. The van der Waals surface area contributed by atoms with E-state index in [1.54, 1.807) is 0 Å². The van der Waals surface area contributed by atoms with Crippen molar-refractivity contribution in [1.29, 1.82) is 0 Å². The van der Waals surface area contributed by atoms with Crippen LogP contribution in [0.4, 0.5) is 0 Å². The van der Waals surface area contributed by atoms with Crippen LogP contribution in [-0.4, -0.2) is 39.4 Å². The van der Waals surface area contributed by atoms with Gasteiger partial charge in [-0.25, -0.2) is 0 Å². The zero-order valence-electron chi connectivity index (χ0n) is 12.4. The molecule has 1 atom stereocenters. The van der Waals surface area contributed by atoms with Crippen molar-refractivity contribution >= 4 is 12.4 Å². The molecule has 21 heavy (non-hydrogen) atoms. The zero-order valence-corrected chi connectivity index (χ0v) is 13.2. The van der Waals surface area contributed by atoms with E-state index in [1.165, 1.54) is 24.9 Å². The van der Waals surface area contributed by atoms with Gasteiger partial charge in [-0.05, 0) is 69.1 Å². The summed E-state index contributed by atoms with van der Waals surface area (Å²) in [6.07, 6.45) is 3.70. The van der Waals surface area contributed by atoms with E-state index in [4.69, 9.17) is 9.47 Å². The highest BCUT2D eigenvalue weighted by Gasteiger charge is 2.13. The Kier molecular flexibility index (Phi) is 6.61. The first-order valence-electron chi connectivity index (χ1n) is 7.72. The fourth-order valence-corrected chi connectivity index (χ4v) is 2.88. The highest BCUT2D eigenvalue weighted by molar-refractivity contribution is 5.85. The molecular weight excluding hydrogens is 288 g/mol.